The summed E-state index contributed by atoms with van der Waals surface area (Å²) in [5, 5.41) is 6.93. The van der Waals surface area contributed by atoms with Crippen LogP contribution in [0, 0.1) is 18.6 Å². The molecule has 0 aliphatic carbocycles. The number of rotatable bonds is 4. The van der Waals surface area contributed by atoms with E-state index in [0.717, 1.165) is 16.8 Å². The number of aromatic nitrogens is 2. The molecule has 0 unspecified atom stereocenters. The number of nitrogens with one attached hydrogen (secondary N) is 1. The van der Waals surface area contributed by atoms with Gasteiger partial charge in [-0.05, 0) is 58.2 Å². The summed E-state index contributed by atoms with van der Waals surface area (Å²) in [6.45, 7) is 4.19. The monoisotopic (exact) mass is 474 g/mol. The van der Waals surface area contributed by atoms with Gasteiger partial charge in [0.25, 0.3) is 5.91 Å². The van der Waals surface area contributed by atoms with E-state index < -0.39 is 0 Å². The number of aromatic amines is 1. The number of aryl methyl sites for hydroxylation is 1. The molecule has 0 saturated carbocycles. The number of nitrogens with zero attached hydrogens (tertiary/aromatic N) is 3. The molecule has 2 aromatic carbocycles. The zero-order chi connectivity index (χ0) is 21.3. The molecule has 2 heterocycles. The number of benzene rings is 2. The number of H-pyrrole nitrogens is 1. The van der Waals surface area contributed by atoms with Crippen LogP contribution in [0.25, 0.3) is 0 Å². The number of carbonyl (C=O) groups is 1. The van der Waals surface area contributed by atoms with Crippen molar-refractivity contribution in [2.45, 2.75) is 13.0 Å². The lowest BCUT2D eigenvalue weighted by molar-refractivity contribution is 0.0590. The van der Waals surface area contributed by atoms with Gasteiger partial charge in [0.15, 0.2) is 5.69 Å². The second-order valence-electron chi connectivity index (χ2n) is 7.35. The topological polar surface area (TPSA) is 52.2 Å². The average Bonchev–Trinajstić information content (AvgIpc) is 3.09. The Morgan fingerprint density at radius 3 is 1.90 bits per heavy atom. The van der Waals surface area contributed by atoms with Crippen LogP contribution in [0.1, 0.15) is 33.4 Å². The molecule has 30 heavy (non-hydrogen) atoms. The van der Waals surface area contributed by atoms with Gasteiger partial charge in [0, 0.05) is 31.9 Å². The third-order valence-electron chi connectivity index (χ3n) is 5.41. The number of carbonyl (C=O) groups excluding carboxylic acids is 1. The molecule has 1 aromatic heterocycles. The van der Waals surface area contributed by atoms with E-state index in [0.29, 0.717) is 36.3 Å². The molecule has 0 bridgehead atoms. The van der Waals surface area contributed by atoms with Crippen LogP contribution in [-0.4, -0.2) is 52.1 Å². The number of amides is 1. The summed E-state index contributed by atoms with van der Waals surface area (Å²) in [7, 11) is 0. The highest BCUT2D eigenvalue weighted by molar-refractivity contribution is 9.10. The van der Waals surface area contributed by atoms with Gasteiger partial charge in [0.2, 0.25) is 0 Å². The fraction of sp³-hybridized carbons (Fsp3) is 0.273. The molecule has 8 heteroatoms. The van der Waals surface area contributed by atoms with Crippen molar-refractivity contribution in [3.8, 4) is 0 Å². The molecule has 3 aromatic rings. The van der Waals surface area contributed by atoms with Crippen LogP contribution in [0.15, 0.2) is 53.0 Å². The van der Waals surface area contributed by atoms with E-state index in [2.05, 4.69) is 31.0 Å². The van der Waals surface area contributed by atoms with E-state index in [9.17, 15) is 13.6 Å². The van der Waals surface area contributed by atoms with E-state index in [1.54, 1.807) is 29.2 Å². The Hall–Kier alpha value is -2.58. The molecule has 1 aliphatic heterocycles. The van der Waals surface area contributed by atoms with Crippen LogP contribution < -0.4 is 0 Å². The van der Waals surface area contributed by atoms with Crippen LogP contribution in [0.5, 0.6) is 0 Å². The molecule has 1 amide bonds. The predicted molar refractivity (Wildman–Crippen MR) is 113 cm³/mol. The summed E-state index contributed by atoms with van der Waals surface area (Å²) in [6, 6.07) is 12.6. The first-order valence-electron chi connectivity index (χ1n) is 9.69. The Balaban J connectivity index is 1.54. The standard InChI is InChI=1S/C22H21BrF2N4O/c1-14-19(23)20(27-26-14)22(30)29-12-10-28(11-13-29)21(15-2-6-17(24)7-3-15)16-4-8-18(25)9-5-16/h2-9,21H,10-13H2,1H3,(H,26,27). The van der Waals surface area contributed by atoms with Gasteiger partial charge in [-0.25, -0.2) is 8.78 Å². The summed E-state index contributed by atoms with van der Waals surface area (Å²) in [4.78, 5) is 16.8. The average molecular weight is 475 g/mol. The normalized spacial score (nSPS) is 15.0. The summed E-state index contributed by atoms with van der Waals surface area (Å²) in [5.41, 5.74) is 3.04. The first-order valence-corrected chi connectivity index (χ1v) is 10.5. The van der Waals surface area contributed by atoms with Crippen molar-refractivity contribution < 1.29 is 13.6 Å². The summed E-state index contributed by atoms with van der Waals surface area (Å²) < 4.78 is 27.6. The molecule has 1 aliphatic rings. The number of piperazine rings is 1. The van der Waals surface area contributed by atoms with Crippen molar-refractivity contribution in [2.75, 3.05) is 26.2 Å². The van der Waals surface area contributed by atoms with Crippen LogP contribution in [0.3, 0.4) is 0 Å². The molecule has 1 N–H and O–H groups in total. The van der Waals surface area contributed by atoms with Gasteiger partial charge in [0.05, 0.1) is 10.5 Å². The summed E-state index contributed by atoms with van der Waals surface area (Å²) in [5.74, 6) is -0.718. The number of halogens is 3. The van der Waals surface area contributed by atoms with Crippen LogP contribution in [0.4, 0.5) is 8.78 Å². The van der Waals surface area contributed by atoms with Gasteiger partial charge in [0.1, 0.15) is 11.6 Å². The highest BCUT2D eigenvalue weighted by Crippen LogP contribution is 2.30. The minimum absolute atomic E-state index is 0.119. The van der Waals surface area contributed by atoms with Crippen molar-refractivity contribution in [2.24, 2.45) is 0 Å². The maximum atomic E-state index is 13.5. The predicted octanol–water partition coefficient (Wildman–Crippen LogP) is 4.31. The fourth-order valence-electron chi connectivity index (χ4n) is 3.79. The van der Waals surface area contributed by atoms with Gasteiger partial charge in [-0.2, -0.15) is 5.10 Å². The molecule has 1 saturated heterocycles. The second kappa shape index (κ2) is 8.65. The highest BCUT2D eigenvalue weighted by atomic mass is 79.9. The second-order valence-corrected chi connectivity index (χ2v) is 8.14. The van der Waals surface area contributed by atoms with Gasteiger partial charge in [-0.15, -0.1) is 0 Å². The van der Waals surface area contributed by atoms with Crippen molar-refractivity contribution in [1.29, 1.82) is 0 Å². The molecule has 0 spiro atoms. The number of hydrogen-bond donors (Lipinski definition) is 1. The largest absolute Gasteiger partial charge is 0.335 e. The Bertz CT molecular complexity index is 983. The molecular formula is C22H21BrF2N4O. The van der Waals surface area contributed by atoms with Crippen LogP contribution in [-0.2, 0) is 0 Å². The van der Waals surface area contributed by atoms with E-state index in [1.165, 1.54) is 24.3 Å². The fourth-order valence-corrected chi connectivity index (χ4v) is 4.14. The SMILES string of the molecule is Cc1[nH]nc(C(=O)N2CCN(C(c3ccc(F)cc3)c3ccc(F)cc3)CC2)c1Br. The lowest BCUT2D eigenvalue weighted by Gasteiger charge is -2.39. The van der Waals surface area contributed by atoms with E-state index in [4.69, 9.17) is 0 Å². The zero-order valence-corrected chi connectivity index (χ0v) is 18.0. The van der Waals surface area contributed by atoms with Crippen molar-refractivity contribution in [3.63, 3.8) is 0 Å². The minimum Gasteiger partial charge on any atom is -0.335 e. The van der Waals surface area contributed by atoms with Gasteiger partial charge >= 0.3 is 0 Å². The van der Waals surface area contributed by atoms with Crippen molar-refractivity contribution >= 4 is 21.8 Å². The van der Waals surface area contributed by atoms with Gasteiger partial charge in [-0.3, -0.25) is 14.8 Å². The lowest BCUT2D eigenvalue weighted by Crippen LogP contribution is -2.50. The third-order valence-corrected chi connectivity index (χ3v) is 6.38. The molecule has 0 atom stereocenters. The highest BCUT2D eigenvalue weighted by Gasteiger charge is 2.30. The molecule has 4 rings (SSSR count). The van der Waals surface area contributed by atoms with Crippen LogP contribution in [0.2, 0.25) is 0 Å². The Labute approximate surface area is 181 Å². The molecule has 5 nitrogen and oxygen atoms in total. The lowest BCUT2D eigenvalue weighted by atomic mass is 9.96. The smallest absolute Gasteiger partial charge is 0.275 e. The van der Waals surface area contributed by atoms with Crippen molar-refractivity contribution in [3.05, 3.63) is 87.2 Å². The Morgan fingerprint density at radius 1 is 0.967 bits per heavy atom. The quantitative estimate of drug-likeness (QED) is 0.612. The molecule has 156 valence electrons. The Kier molecular flexibility index (Phi) is 5.97. The first kappa shape index (κ1) is 20.7. The van der Waals surface area contributed by atoms with E-state index in [-0.39, 0.29) is 23.6 Å². The molecule has 1 fully saturated rings. The van der Waals surface area contributed by atoms with Crippen LogP contribution >= 0.6 is 15.9 Å². The van der Waals surface area contributed by atoms with Gasteiger partial charge in [-0.1, -0.05) is 24.3 Å². The summed E-state index contributed by atoms with van der Waals surface area (Å²) >= 11 is 3.41. The summed E-state index contributed by atoms with van der Waals surface area (Å²) in [6.07, 6.45) is 0. The third kappa shape index (κ3) is 4.15. The maximum Gasteiger partial charge on any atom is 0.275 e. The van der Waals surface area contributed by atoms with Gasteiger partial charge < -0.3 is 4.90 Å². The maximum absolute atomic E-state index is 13.5. The van der Waals surface area contributed by atoms with E-state index in [1.807, 2.05) is 6.92 Å². The molecule has 0 radical (unpaired) electrons. The Morgan fingerprint density at radius 2 is 1.47 bits per heavy atom. The van der Waals surface area contributed by atoms with E-state index >= 15 is 0 Å². The first-order chi connectivity index (χ1) is 14.4. The zero-order valence-electron chi connectivity index (χ0n) is 16.4. The van der Waals surface area contributed by atoms with Crippen molar-refractivity contribution in [1.82, 2.24) is 20.0 Å². The number of hydrogen-bond acceptors (Lipinski definition) is 3. The minimum atomic E-state index is -0.299. The molecular weight excluding hydrogens is 454 g/mol.